The lowest BCUT2D eigenvalue weighted by Crippen LogP contribution is -2.29. The number of urea groups is 1. The zero-order valence-corrected chi connectivity index (χ0v) is 17.9. The number of allylic oxidation sites excluding steroid dienone is 9. The standard InChI is InChI=1S/C21H25BrN4O2/c1-21(2,3)18-13-19(24-20(28)23-15-9-7-14(22)8-10-15)26(25-18)16-5-4-6-17(27)12-11-16/h5-7,9,11-13,27H,4,8,10H2,1-3H3,(H2,23,24,28). The third-order valence-corrected chi connectivity index (χ3v) is 5.08. The molecule has 0 aromatic carbocycles. The normalized spacial score (nSPS) is 17.1. The van der Waals surface area contributed by atoms with Gasteiger partial charge in [0.25, 0.3) is 0 Å². The molecule has 2 aliphatic rings. The number of amides is 2. The van der Waals surface area contributed by atoms with Crippen molar-refractivity contribution in [2.75, 3.05) is 5.32 Å². The van der Waals surface area contributed by atoms with Crippen LogP contribution in [0, 0.1) is 0 Å². The largest absolute Gasteiger partial charge is 0.508 e. The van der Waals surface area contributed by atoms with Gasteiger partial charge in [0, 0.05) is 17.2 Å². The van der Waals surface area contributed by atoms with Crippen molar-refractivity contribution in [3.05, 3.63) is 64.2 Å². The summed E-state index contributed by atoms with van der Waals surface area (Å²) in [6.45, 7) is 6.22. The minimum Gasteiger partial charge on any atom is -0.508 e. The number of hydrogen-bond donors (Lipinski definition) is 3. The second kappa shape index (κ2) is 8.22. The molecule has 7 heteroatoms. The maximum atomic E-state index is 12.6. The van der Waals surface area contributed by atoms with Crippen LogP contribution in [0.15, 0.2) is 58.5 Å². The highest BCUT2D eigenvalue weighted by atomic mass is 79.9. The molecule has 0 bridgehead atoms. The number of aliphatic hydroxyl groups is 1. The molecule has 0 saturated heterocycles. The van der Waals surface area contributed by atoms with Crippen LogP contribution in [0.5, 0.6) is 0 Å². The van der Waals surface area contributed by atoms with E-state index in [1.807, 2.05) is 24.3 Å². The molecule has 1 heterocycles. The Bertz CT molecular complexity index is 927. The van der Waals surface area contributed by atoms with Crippen LogP contribution in [-0.2, 0) is 5.41 Å². The predicted molar refractivity (Wildman–Crippen MR) is 116 cm³/mol. The fourth-order valence-electron chi connectivity index (χ4n) is 2.81. The molecular formula is C21H25BrN4O2. The number of nitrogens with one attached hydrogen (secondary N) is 2. The number of halogens is 1. The Morgan fingerprint density at radius 2 is 1.96 bits per heavy atom. The summed E-state index contributed by atoms with van der Waals surface area (Å²) in [5.74, 6) is 0.790. The summed E-state index contributed by atoms with van der Waals surface area (Å²) in [6.07, 6.45) is 13.1. The van der Waals surface area contributed by atoms with Crippen molar-refractivity contribution in [1.29, 1.82) is 0 Å². The van der Waals surface area contributed by atoms with E-state index in [4.69, 9.17) is 5.10 Å². The minimum atomic E-state index is -0.307. The number of carbonyl (C=O) groups excluding carboxylic acids is 1. The van der Waals surface area contributed by atoms with Crippen LogP contribution in [0.1, 0.15) is 45.7 Å². The van der Waals surface area contributed by atoms with Crippen LogP contribution >= 0.6 is 15.9 Å². The first-order chi connectivity index (χ1) is 13.2. The summed E-state index contributed by atoms with van der Waals surface area (Å²) in [5, 5.41) is 20.2. The van der Waals surface area contributed by atoms with E-state index >= 15 is 0 Å². The minimum absolute atomic E-state index is 0.170. The van der Waals surface area contributed by atoms with Gasteiger partial charge in [0.1, 0.15) is 11.6 Å². The SMILES string of the molecule is CC(C)(C)c1cc(NC(=O)NC2=CC=C(Br)CC2)n(C2=CCC=C(O)C=C2)n1. The van der Waals surface area contributed by atoms with Gasteiger partial charge in [-0.1, -0.05) is 48.9 Å². The smallest absolute Gasteiger partial charge is 0.324 e. The van der Waals surface area contributed by atoms with Gasteiger partial charge in [-0.3, -0.25) is 5.32 Å². The third kappa shape index (κ3) is 5.04. The summed E-state index contributed by atoms with van der Waals surface area (Å²) in [6, 6.07) is 1.58. The highest BCUT2D eigenvalue weighted by molar-refractivity contribution is 9.11. The molecule has 0 aliphatic heterocycles. The van der Waals surface area contributed by atoms with E-state index in [0.29, 0.717) is 12.2 Å². The fourth-order valence-corrected chi connectivity index (χ4v) is 3.14. The van der Waals surface area contributed by atoms with Crippen molar-refractivity contribution in [1.82, 2.24) is 15.1 Å². The molecule has 1 aromatic rings. The summed E-state index contributed by atoms with van der Waals surface area (Å²) >= 11 is 3.46. The van der Waals surface area contributed by atoms with Gasteiger partial charge in [0.15, 0.2) is 0 Å². The average molecular weight is 445 g/mol. The van der Waals surface area contributed by atoms with Crippen LogP contribution in [0.4, 0.5) is 10.6 Å². The highest BCUT2D eigenvalue weighted by Crippen LogP contribution is 2.27. The van der Waals surface area contributed by atoms with E-state index in [-0.39, 0.29) is 17.2 Å². The van der Waals surface area contributed by atoms with E-state index in [2.05, 4.69) is 47.3 Å². The lowest BCUT2D eigenvalue weighted by molar-refractivity contribution is 0.254. The van der Waals surface area contributed by atoms with E-state index in [9.17, 15) is 9.90 Å². The molecule has 0 unspecified atom stereocenters. The van der Waals surface area contributed by atoms with Gasteiger partial charge in [0.2, 0.25) is 0 Å². The molecule has 1 aromatic heterocycles. The van der Waals surface area contributed by atoms with Crippen molar-refractivity contribution in [2.45, 2.75) is 45.4 Å². The summed E-state index contributed by atoms with van der Waals surface area (Å²) in [5.41, 5.74) is 2.35. The van der Waals surface area contributed by atoms with Crippen LogP contribution in [0.3, 0.4) is 0 Å². The molecular weight excluding hydrogens is 420 g/mol. The second-order valence-corrected chi connectivity index (χ2v) is 8.81. The Labute approximate surface area is 173 Å². The zero-order valence-electron chi connectivity index (χ0n) is 16.3. The predicted octanol–water partition coefficient (Wildman–Crippen LogP) is 5.50. The number of anilines is 1. The molecule has 3 N–H and O–H groups in total. The molecule has 3 rings (SSSR count). The van der Waals surface area contributed by atoms with Gasteiger partial charge in [-0.25, -0.2) is 9.48 Å². The van der Waals surface area contributed by atoms with Crippen LogP contribution in [0.2, 0.25) is 0 Å². The quantitative estimate of drug-likeness (QED) is 0.575. The summed E-state index contributed by atoms with van der Waals surface area (Å²) < 4.78 is 2.82. The van der Waals surface area contributed by atoms with Gasteiger partial charge in [-0.15, -0.1) is 0 Å². The van der Waals surface area contributed by atoms with E-state index in [0.717, 1.165) is 34.4 Å². The average Bonchev–Trinajstić information content (AvgIpc) is 2.92. The highest BCUT2D eigenvalue weighted by Gasteiger charge is 2.22. The second-order valence-electron chi connectivity index (χ2n) is 7.79. The number of rotatable bonds is 3. The molecule has 2 amide bonds. The number of aliphatic hydroxyl groups excluding tert-OH is 1. The zero-order chi connectivity index (χ0) is 20.3. The van der Waals surface area contributed by atoms with E-state index < -0.39 is 0 Å². The molecule has 0 saturated carbocycles. The molecule has 0 fully saturated rings. The Kier molecular flexibility index (Phi) is 5.93. The third-order valence-electron chi connectivity index (χ3n) is 4.42. The van der Waals surface area contributed by atoms with Crippen molar-refractivity contribution in [3.63, 3.8) is 0 Å². The van der Waals surface area contributed by atoms with Crippen molar-refractivity contribution in [3.8, 4) is 0 Å². The van der Waals surface area contributed by atoms with Crippen LogP contribution in [0.25, 0.3) is 5.70 Å². The van der Waals surface area contributed by atoms with Gasteiger partial charge < -0.3 is 10.4 Å². The van der Waals surface area contributed by atoms with E-state index in [1.54, 1.807) is 22.9 Å². The molecule has 0 atom stereocenters. The Morgan fingerprint density at radius 1 is 1.18 bits per heavy atom. The monoisotopic (exact) mass is 444 g/mol. The maximum Gasteiger partial charge on any atom is 0.324 e. The first kappa shape index (κ1) is 20.2. The number of hydrogen-bond acceptors (Lipinski definition) is 3. The Balaban J connectivity index is 1.85. The van der Waals surface area contributed by atoms with Crippen LogP contribution < -0.4 is 10.6 Å². The molecule has 0 spiro atoms. The number of carbonyl (C=O) groups is 1. The lowest BCUT2D eigenvalue weighted by atomic mass is 9.92. The summed E-state index contributed by atoms with van der Waals surface area (Å²) in [4.78, 5) is 12.6. The molecule has 0 radical (unpaired) electrons. The van der Waals surface area contributed by atoms with Crippen molar-refractivity contribution >= 4 is 33.5 Å². The molecule has 6 nitrogen and oxygen atoms in total. The molecule has 2 aliphatic carbocycles. The summed E-state index contributed by atoms with van der Waals surface area (Å²) in [7, 11) is 0. The Hall–Kier alpha value is -2.54. The van der Waals surface area contributed by atoms with Gasteiger partial charge in [-0.05, 0) is 48.0 Å². The fraction of sp³-hybridized carbons (Fsp3) is 0.333. The lowest BCUT2D eigenvalue weighted by Gasteiger charge is -2.14. The van der Waals surface area contributed by atoms with Crippen molar-refractivity contribution in [2.24, 2.45) is 0 Å². The number of nitrogens with zero attached hydrogens (tertiary/aromatic N) is 2. The van der Waals surface area contributed by atoms with Gasteiger partial charge >= 0.3 is 6.03 Å². The van der Waals surface area contributed by atoms with Crippen LogP contribution in [-0.4, -0.2) is 20.9 Å². The van der Waals surface area contributed by atoms with E-state index in [1.165, 1.54) is 0 Å². The maximum absolute atomic E-state index is 12.6. The molecule has 148 valence electrons. The molecule has 28 heavy (non-hydrogen) atoms. The topological polar surface area (TPSA) is 79.2 Å². The van der Waals surface area contributed by atoms with Gasteiger partial charge in [-0.2, -0.15) is 5.10 Å². The number of aromatic nitrogens is 2. The van der Waals surface area contributed by atoms with Crippen molar-refractivity contribution < 1.29 is 9.90 Å². The Morgan fingerprint density at radius 3 is 2.64 bits per heavy atom. The first-order valence-corrected chi connectivity index (χ1v) is 10.0. The van der Waals surface area contributed by atoms with Gasteiger partial charge in [0.05, 0.1) is 11.4 Å². The first-order valence-electron chi connectivity index (χ1n) is 9.24.